The number of rotatable bonds is 16. The minimum absolute atomic E-state index is 0.0477. The first kappa shape index (κ1) is 40.2. The number of fused-ring (bicyclic) bond motifs is 1. The number of amides is 2. The Morgan fingerprint density at radius 1 is 0.966 bits per heavy atom. The van der Waals surface area contributed by atoms with Gasteiger partial charge in [-0.05, 0) is 40.0 Å². The number of halogens is 2. The van der Waals surface area contributed by atoms with Crippen LogP contribution in [0.1, 0.15) is 28.1 Å². The van der Waals surface area contributed by atoms with Crippen molar-refractivity contribution in [1.29, 1.82) is 0 Å². The highest BCUT2D eigenvalue weighted by molar-refractivity contribution is 8.00. The van der Waals surface area contributed by atoms with Crippen molar-refractivity contribution in [2.24, 2.45) is 5.16 Å². The van der Waals surface area contributed by atoms with E-state index in [0.717, 1.165) is 33.8 Å². The van der Waals surface area contributed by atoms with Gasteiger partial charge in [0.05, 0.1) is 7.11 Å². The maximum absolute atomic E-state index is 13.9. The number of alkyl halides is 2. The van der Waals surface area contributed by atoms with Crippen molar-refractivity contribution >= 4 is 63.5 Å². The number of carbonyl (C=O) groups is 3. The molecule has 2 aliphatic heterocycles. The van der Waals surface area contributed by atoms with Gasteiger partial charge in [-0.2, -0.15) is 9.36 Å². The molecule has 5 aromatic rings. The first-order chi connectivity index (χ1) is 28.4. The van der Waals surface area contributed by atoms with Gasteiger partial charge in [-0.1, -0.05) is 120 Å². The van der Waals surface area contributed by atoms with Gasteiger partial charge in [-0.25, -0.2) is 9.18 Å². The lowest BCUT2D eigenvalue weighted by Gasteiger charge is -2.49. The lowest BCUT2D eigenvalue weighted by Crippen LogP contribution is -2.71. The summed E-state index contributed by atoms with van der Waals surface area (Å²) >= 11 is 8.22. The molecule has 12 nitrogen and oxygen atoms in total. The van der Waals surface area contributed by atoms with Crippen molar-refractivity contribution in [2.75, 3.05) is 30.9 Å². The van der Waals surface area contributed by atoms with Crippen LogP contribution in [0.2, 0.25) is 0 Å². The minimum atomic E-state index is -1.33. The van der Waals surface area contributed by atoms with Gasteiger partial charge in [-0.3, -0.25) is 14.5 Å². The Labute approximate surface area is 346 Å². The van der Waals surface area contributed by atoms with Crippen molar-refractivity contribution in [2.45, 2.75) is 23.6 Å². The minimum Gasteiger partial charge on any atom is -0.497 e. The zero-order valence-electron chi connectivity index (χ0n) is 30.9. The quantitative estimate of drug-likeness (QED) is 0.0272. The van der Waals surface area contributed by atoms with Crippen molar-refractivity contribution in [3.05, 3.63) is 167 Å². The highest BCUT2D eigenvalue weighted by atomic mass is 35.5. The number of methoxy groups -OCH3 is 1. The number of anilines is 1. The number of hydrogen-bond acceptors (Lipinski definition) is 12. The summed E-state index contributed by atoms with van der Waals surface area (Å²) in [4.78, 5) is 51.9. The molecule has 3 heterocycles. The number of oxime groups is 1. The number of benzene rings is 4. The van der Waals surface area contributed by atoms with Crippen LogP contribution in [0.25, 0.3) is 0 Å². The number of hydrogen-bond donors (Lipinski definition) is 2. The summed E-state index contributed by atoms with van der Waals surface area (Å²) in [6.45, 7) is -1.38. The Bertz CT molecular complexity index is 2230. The average Bonchev–Trinajstić information content (AvgIpc) is 3.74. The van der Waals surface area contributed by atoms with E-state index in [2.05, 4.69) is 25.1 Å². The summed E-state index contributed by atoms with van der Waals surface area (Å²) in [5.41, 5.74) is 2.66. The molecule has 2 atom stereocenters. The van der Waals surface area contributed by atoms with Gasteiger partial charge in [0, 0.05) is 23.2 Å². The molecule has 1 aromatic heterocycles. The smallest absolute Gasteiger partial charge is 0.355 e. The number of esters is 1. The summed E-state index contributed by atoms with van der Waals surface area (Å²) in [5, 5.41) is 9.66. The summed E-state index contributed by atoms with van der Waals surface area (Å²) in [6.07, 6.45) is 3.35. The molecule has 16 heteroatoms. The van der Waals surface area contributed by atoms with Crippen LogP contribution >= 0.6 is 34.9 Å². The van der Waals surface area contributed by atoms with E-state index < -0.39 is 47.3 Å². The predicted octanol–water partition coefficient (Wildman–Crippen LogP) is 6.79. The van der Waals surface area contributed by atoms with Crippen LogP contribution in [0, 0.1) is 0 Å². The standard InChI is InChI=1S/C42H36ClFN6O6S2/c1-54-32-21-19-27(20-22-32)24-55-40(53)35-28(12-11-23-43)25-57-39-34(38(52)50(35)39)45-37(51)33(48-56-26-44)36-46-41(58-49-36)47-42(29-13-5-2-6-14-29,30-15-7-3-8-16-30)31-17-9-4-10-18-31/h2-22,34,39H,23-26H2,1H3,(H,45,51)(H,46,47,49)/b12-11-,48-33-/t34-,39-/m1/s1. The van der Waals surface area contributed by atoms with E-state index >= 15 is 0 Å². The van der Waals surface area contributed by atoms with Crippen molar-refractivity contribution in [1.82, 2.24) is 19.6 Å². The van der Waals surface area contributed by atoms with Gasteiger partial charge >= 0.3 is 5.97 Å². The molecule has 1 saturated heterocycles. The number of thioether (sulfide) groups is 1. The molecule has 2 amide bonds. The molecular weight excluding hydrogens is 803 g/mol. The van der Waals surface area contributed by atoms with E-state index in [1.165, 1.54) is 16.7 Å². The largest absolute Gasteiger partial charge is 0.497 e. The first-order valence-electron chi connectivity index (χ1n) is 17.9. The number of nitrogens with one attached hydrogen (secondary N) is 2. The first-order valence-corrected chi connectivity index (χ1v) is 20.3. The number of allylic oxidation sites excluding steroid dienone is 2. The Morgan fingerprint density at radius 2 is 1.59 bits per heavy atom. The van der Waals surface area contributed by atoms with Crippen molar-refractivity contribution < 1.29 is 33.1 Å². The number of aromatic nitrogens is 2. The van der Waals surface area contributed by atoms with Crippen LogP contribution in [0.15, 0.2) is 144 Å². The molecule has 2 aliphatic rings. The third-order valence-electron chi connectivity index (χ3n) is 9.39. The van der Waals surface area contributed by atoms with E-state index in [-0.39, 0.29) is 24.0 Å². The fourth-order valence-corrected chi connectivity index (χ4v) is 8.71. The molecule has 7 rings (SSSR count). The van der Waals surface area contributed by atoms with Gasteiger partial charge in [0.25, 0.3) is 18.7 Å². The SMILES string of the molecule is COc1ccc(COC(=O)C2=C(/C=C\CCl)CS[C@@H]3[C@H](NC(=O)/C(=N\OCF)c4nsc(NC(c5ccccc5)(c5ccccc5)c5ccccc5)n4)C(=O)N23)cc1. The molecule has 0 bridgehead atoms. The van der Waals surface area contributed by atoms with Crippen LogP contribution in [0.5, 0.6) is 5.75 Å². The van der Waals surface area contributed by atoms with Crippen molar-refractivity contribution in [3.63, 3.8) is 0 Å². The van der Waals surface area contributed by atoms with Gasteiger partial charge in [-0.15, -0.1) is 23.4 Å². The summed E-state index contributed by atoms with van der Waals surface area (Å²) in [6, 6.07) is 35.5. The Hall–Kier alpha value is -6.03. The van der Waals surface area contributed by atoms with Crippen LogP contribution < -0.4 is 15.4 Å². The van der Waals surface area contributed by atoms with Gasteiger partial charge in [0.15, 0.2) is 0 Å². The summed E-state index contributed by atoms with van der Waals surface area (Å²) in [5.74, 6) is -1.14. The van der Waals surface area contributed by atoms with E-state index in [0.29, 0.717) is 22.2 Å². The second-order valence-corrected chi connectivity index (χ2v) is 15.0. The second-order valence-electron chi connectivity index (χ2n) is 12.8. The maximum Gasteiger partial charge on any atom is 0.355 e. The highest BCUT2D eigenvalue weighted by Crippen LogP contribution is 2.42. The predicted molar refractivity (Wildman–Crippen MR) is 221 cm³/mol. The summed E-state index contributed by atoms with van der Waals surface area (Å²) < 4.78 is 28.6. The van der Waals surface area contributed by atoms with E-state index in [9.17, 15) is 18.8 Å². The molecule has 0 spiro atoms. The highest BCUT2D eigenvalue weighted by Gasteiger charge is 2.54. The number of carbonyl (C=O) groups excluding carboxylic acids is 3. The fourth-order valence-electron chi connectivity index (χ4n) is 6.68. The average molecular weight is 839 g/mol. The zero-order valence-corrected chi connectivity index (χ0v) is 33.3. The molecule has 4 aromatic carbocycles. The van der Waals surface area contributed by atoms with Crippen LogP contribution in [0.4, 0.5) is 9.52 Å². The third kappa shape index (κ3) is 8.33. The topological polar surface area (TPSA) is 144 Å². The molecule has 296 valence electrons. The van der Waals surface area contributed by atoms with Crippen LogP contribution in [-0.2, 0) is 36.1 Å². The normalized spacial score (nSPS) is 16.7. The van der Waals surface area contributed by atoms with Gasteiger partial charge in [0.2, 0.25) is 16.7 Å². The van der Waals surface area contributed by atoms with Gasteiger partial charge < -0.3 is 24.9 Å². The lowest BCUT2D eigenvalue weighted by molar-refractivity contribution is -0.153. The van der Waals surface area contributed by atoms with Crippen molar-refractivity contribution in [3.8, 4) is 5.75 Å². The molecule has 0 saturated carbocycles. The monoisotopic (exact) mass is 838 g/mol. The van der Waals surface area contributed by atoms with Crippen LogP contribution in [-0.4, -0.2) is 74.8 Å². The molecule has 0 radical (unpaired) electrons. The second kappa shape index (κ2) is 18.5. The van der Waals surface area contributed by atoms with E-state index in [1.54, 1.807) is 43.5 Å². The molecular formula is C42H36ClFN6O6S2. The van der Waals surface area contributed by atoms with Crippen LogP contribution in [0.3, 0.4) is 0 Å². The lowest BCUT2D eigenvalue weighted by atomic mass is 9.77. The number of ether oxygens (including phenoxy) is 2. The number of β-lactam (4-membered cyclic amide) rings is 1. The molecule has 0 aliphatic carbocycles. The Balaban J connectivity index is 1.13. The summed E-state index contributed by atoms with van der Waals surface area (Å²) in [7, 11) is 1.56. The molecule has 58 heavy (non-hydrogen) atoms. The van der Waals surface area contributed by atoms with E-state index in [4.69, 9.17) is 25.9 Å². The third-order valence-corrected chi connectivity index (χ3v) is 11.5. The zero-order chi connectivity index (χ0) is 40.5. The fraction of sp³-hybridized carbons (Fsp3) is 0.190. The maximum atomic E-state index is 13.9. The Kier molecular flexibility index (Phi) is 12.8. The Morgan fingerprint density at radius 3 is 2.16 bits per heavy atom. The number of nitrogens with zero attached hydrogens (tertiary/aromatic N) is 4. The molecule has 1 fully saturated rings. The molecule has 0 unspecified atom stereocenters. The van der Waals surface area contributed by atoms with Gasteiger partial charge in [0.1, 0.15) is 35.0 Å². The van der Waals surface area contributed by atoms with E-state index in [1.807, 2.05) is 91.0 Å². The molecule has 2 N–H and O–H groups in total.